The average molecular weight is 318 g/mol. The number of aryl methyl sites for hydroxylation is 1. The van der Waals surface area contributed by atoms with Crippen LogP contribution in [0.5, 0.6) is 0 Å². The lowest BCUT2D eigenvalue weighted by Crippen LogP contribution is -2.34. The number of nitrogens with zero attached hydrogens (tertiary/aromatic N) is 1. The Labute approximate surface area is 147 Å². The summed E-state index contributed by atoms with van der Waals surface area (Å²) in [4.78, 5) is 2.42. The summed E-state index contributed by atoms with van der Waals surface area (Å²) in [5.74, 6) is 0. The minimum absolute atomic E-state index is 0.0991. The van der Waals surface area contributed by atoms with Crippen LogP contribution < -0.4 is 16.1 Å². The highest BCUT2D eigenvalue weighted by Crippen LogP contribution is 2.29. The van der Waals surface area contributed by atoms with Crippen LogP contribution in [0, 0.1) is 0 Å². The second-order valence-corrected chi connectivity index (χ2v) is 6.88. The molecular formula is C21H27BN2. The highest BCUT2D eigenvalue weighted by molar-refractivity contribution is 6.36. The molecule has 1 aliphatic rings. The molecule has 1 aliphatic heterocycles. The van der Waals surface area contributed by atoms with E-state index in [1.54, 1.807) is 0 Å². The van der Waals surface area contributed by atoms with Gasteiger partial charge in [0.2, 0.25) is 0 Å². The lowest BCUT2D eigenvalue weighted by atomic mass is 9.83. The van der Waals surface area contributed by atoms with E-state index in [0.717, 1.165) is 37.8 Å². The van der Waals surface area contributed by atoms with Gasteiger partial charge >= 0.3 is 0 Å². The van der Waals surface area contributed by atoms with Crippen molar-refractivity contribution in [3.8, 4) is 0 Å². The van der Waals surface area contributed by atoms with Gasteiger partial charge in [0.25, 0.3) is 0 Å². The van der Waals surface area contributed by atoms with E-state index in [1.807, 2.05) is 0 Å². The number of hydrogen-bond acceptors (Lipinski definition) is 2. The van der Waals surface area contributed by atoms with Gasteiger partial charge in [-0.3, -0.25) is 0 Å². The first kappa shape index (κ1) is 17.1. The highest BCUT2D eigenvalue weighted by atomic mass is 15.1. The van der Waals surface area contributed by atoms with Gasteiger partial charge in [-0.1, -0.05) is 67.7 Å². The number of anilines is 1. The molecule has 1 heterocycles. The molecule has 2 N–H and O–H groups in total. The average Bonchev–Trinajstić information content (AvgIpc) is 2.60. The zero-order valence-electron chi connectivity index (χ0n) is 14.7. The van der Waals surface area contributed by atoms with Gasteiger partial charge in [0.1, 0.15) is 7.85 Å². The maximum absolute atomic E-state index is 6.46. The van der Waals surface area contributed by atoms with Gasteiger partial charge in [-0.15, -0.1) is 0 Å². The zero-order valence-corrected chi connectivity index (χ0v) is 14.7. The molecule has 0 saturated carbocycles. The van der Waals surface area contributed by atoms with Crippen LogP contribution in [-0.4, -0.2) is 14.4 Å². The number of hydrogen-bond donors (Lipinski definition) is 1. The molecule has 2 aromatic rings. The molecule has 2 nitrogen and oxygen atoms in total. The first-order valence-corrected chi connectivity index (χ1v) is 9.15. The second-order valence-electron chi connectivity index (χ2n) is 6.88. The van der Waals surface area contributed by atoms with Crippen molar-refractivity contribution >= 4 is 19.0 Å². The van der Waals surface area contributed by atoms with Crippen molar-refractivity contribution in [1.29, 1.82) is 0 Å². The number of nitrogens with two attached hydrogens (primary N) is 1. The smallest absolute Gasteiger partial charge is 0.116 e. The molecule has 24 heavy (non-hydrogen) atoms. The first-order valence-electron chi connectivity index (χ1n) is 9.15. The van der Waals surface area contributed by atoms with Crippen molar-refractivity contribution in [1.82, 2.24) is 0 Å². The molecule has 2 aromatic carbocycles. The third-order valence-corrected chi connectivity index (χ3v) is 4.94. The predicted molar refractivity (Wildman–Crippen MR) is 104 cm³/mol. The van der Waals surface area contributed by atoms with E-state index >= 15 is 0 Å². The summed E-state index contributed by atoms with van der Waals surface area (Å²) in [7, 11) is 6.46. The van der Waals surface area contributed by atoms with Crippen LogP contribution in [-0.2, 0) is 13.0 Å². The largest absolute Gasteiger partial charge is 0.367 e. The van der Waals surface area contributed by atoms with Gasteiger partial charge < -0.3 is 10.6 Å². The molecule has 0 bridgehead atoms. The van der Waals surface area contributed by atoms with Crippen LogP contribution in [0.15, 0.2) is 42.5 Å². The van der Waals surface area contributed by atoms with Crippen molar-refractivity contribution in [2.45, 2.75) is 51.6 Å². The quantitative estimate of drug-likeness (QED) is 0.824. The van der Waals surface area contributed by atoms with Crippen molar-refractivity contribution in [2.75, 3.05) is 11.4 Å². The van der Waals surface area contributed by atoms with E-state index in [0.29, 0.717) is 0 Å². The Kier molecular flexibility index (Phi) is 5.62. The fourth-order valence-corrected chi connectivity index (χ4v) is 3.66. The molecule has 0 aromatic heterocycles. The normalized spacial score (nSPS) is 15.2. The fraction of sp³-hybridized carbons (Fsp3) is 0.429. The van der Waals surface area contributed by atoms with E-state index in [2.05, 4.69) is 54.3 Å². The van der Waals surface area contributed by atoms with E-state index in [9.17, 15) is 0 Å². The minimum atomic E-state index is 0.0991. The maximum atomic E-state index is 6.46. The summed E-state index contributed by atoms with van der Waals surface area (Å²) in [6.07, 6.45) is 5.64. The zero-order chi connectivity index (χ0) is 16.9. The maximum Gasteiger partial charge on any atom is 0.116 e. The molecule has 2 radical (unpaired) electrons. The van der Waals surface area contributed by atoms with Gasteiger partial charge in [0.15, 0.2) is 0 Å². The lowest BCUT2D eigenvalue weighted by molar-refractivity contribution is 0.602. The summed E-state index contributed by atoms with van der Waals surface area (Å²) >= 11 is 0. The standard InChI is InChI=1S/C21H27BN2/c1-2-3-11-20(23)18-13-17-10-7-12-24(21(17)19(22)14-18)15-16-8-5-4-6-9-16/h4-6,8-9,13-14,20H,2-3,7,10-12,15,23H2,1H3. The molecule has 0 aliphatic carbocycles. The number of benzene rings is 2. The molecular weight excluding hydrogens is 291 g/mol. The van der Waals surface area contributed by atoms with E-state index in [-0.39, 0.29) is 6.04 Å². The Morgan fingerprint density at radius 3 is 2.75 bits per heavy atom. The van der Waals surface area contributed by atoms with Crippen molar-refractivity contribution < 1.29 is 0 Å². The third kappa shape index (κ3) is 3.84. The molecule has 0 amide bonds. The van der Waals surface area contributed by atoms with E-state index in [1.165, 1.54) is 35.2 Å². The summed E-state index contributed by atoms with van der Waals surface area (Å²) in [5.41, 5.74) is 12.4. The summed E-state index contributed by atoms with van der Waals surface area (Å²) < 4.78 is 0. The Balaban J connectivity index is 1.85. The molecule has 1 unspecified atom stereocenters. The number of fused-ring (bicyclic) bond motifs is 1. The van der Waals surface area contributed by atoms with Crippen LogP contribution in [0.1, 0.15) is 55.3 Å². The molecule has 1 atom stereocenters. The number of rotatable bonds is 6. The molecule has 0 fully saturated rings. The Hall–Kier alpha value is -1.74. The van der Waals surface area contributed by atoms with Gasteiger partial charge in [-0.05, 0) is 36.0 Å². The van der Waals surface area contributed by atoms with Crippen LogP contribution in [0.4, 0.5) is 5.69 Å². The second kappa shape index (κ2) is 7.89. The molecule has 0 spiro atoms. The number of unbranched alkanes of at least 4 members (excludes halogenated alkanes) is 1. The van der Waals surface area contributed by atoms with Gasteiger partial charge in [-0.25, -0.2) is 0 Å². The first-order chi connectivity index (χ1) is 11.7. The van der Waals surface area contributed by atoms with Gasteiger partial charge in [0.05, 0.1) is 0 Å². The predicted octanol–water partition coefficient (Wildman–Crippen LogP) is 3.62. The Morgan fingerprint density at radius 2 is 2.00 bits per heavy atom. The summed E-state index contributed by atoms with van der Waals surface area (Å²) in [5, 5.41) is 0. The van der Waals surface area contributed by atoms with Crippen molar-refractivity contribution in [3.05, 3.63) is 59.2 Å². The molecule has 0 saturated heterocycles. The lowest BCUT2D eigenvalue weighted by Gasteiger charge is -2.34. The third-order valence-electron chi connectivity index (χ3n) is 4.94. The molecule has 124 valence electrons. The van der Waals surface area contributed by atoms with Crippen LogP contribution in [0.25, 0.3) is 0 Å². The highest BCUT2D eigenvalue weighted by Gasteiger charge is 2.20. The van der Waals surface area contributed by atoms with Crippen LogP contribution >= 0.6 is 0 Å². The summed E-state index contributed by atoms with van der Waals surface area (Å²) in [6, 6.07) is 15.1. The van der Waals surface area contributed by atoms with E-state index in [4.69, 9.17) is 13.6 Å². The van der Waals surface area contributed by atoms with Crippen LogP contribution in [0.2, 0.25) is 0 Å². The minimum Gasteiger partial charge on any atom is -0.367 e. The van der Waals surface area contributed by atoms with Crippen molar-refractivity contribution in [3.63, 3.8) is 0 Å². The van der Waals surface area contributed by atoms with Gasteiger partial charge in [0, 0.05) is 24.8 Å². The fourth-order valence-electron chi connectivity index (χ4n) is 3.66. The molecule has 3 rings (SSSR count). The Bertz CT molecular complexity index is 669. The van der Waals surface area contributed by atoms with Gasteiger partial charge in [-0.2, -0.15) is 0 Å². The SMILES string of the molecule is [B]c1cc(C(N)CCCC)cc2c1N(Cc1ccccc1)CCC2. The topological polar surface area (TPSA) is 29.3 Å². The monoisotopic (exact) mass is 318 g/mol. The Morgan fingerprint density at radius 1 is 1.21 bits per heavy atom. The summed E-state index contributed by atoms with van der Waals surface area (Å²) in [6.45, 7) is 4.18. The van der Waals surface area contributed by atoms with Crippen molar-refractivity contribution in [2.24, 2.45) is 5.73 Å². The van der Waals surface area contributed by atoms with Crippen LogP contribution in [0.3, 0.4) is 0 Å². The molecule has 3 heteroatoms. The van der Waals surface area contributed by atoms with E-state index < -0.39 is 0 Å².